The maximum Gasteiger partial charge on any atom is 0.232 e. The molecule has 0 aliphatic carbocycles. The Labute approximate surface area is 151 Å². The van der Waals surface area contributed by atoms with Crippen LogP contribution in [0.1, 0.15) is 22.6 Å². The fraction of sp³-hybridized carbons (Fsp3) is 0.136. The van der Waals surface area contributed by atoms with Gasteiger partial charge in [-0.1, -0.05) is 54.6 Å². The fourth-order valence-corrected chi connectivity index (χ4v) is 3.32. The van der Waals surface area contributed by atoms with Crippen LogP contribution in [0.4, 0.5) is 4.39 Å². The number of para-hydroxylation sites is 2. The number of rotatable bonds is 4. The van der Waals surface area contributed by atoms with Gasteiger partial charge in [0.25, 0.3) is 0 Å². The Morgan fingerprint density at radius 3 is 2.12 bits per heavy atom. The van der Waals surface area contributed by atoms with E-state index >= 15 is 0 Å². The van der Waals surface area contributed by atoms with E-state index in [1.165, 1.54) is 6.07 Å². The molecule has 1 heterocycles. The number of carbonyl (C=O) groups is 1. The van der Waals surface area contributed by atoms with Crippen LogP contribution in [0.15, 0.2) is 72.8 Å². The van der Waals surface area contributed by atoms with Gasteiger partial charge in [0.1, 0.15) is 17.3 Å². The Kier molecular flexibility index (Phi) is 4.40. The average Bonchev–Trinajstić information content (AvgIpc) is 2.67. The Hall–Kier alpha value is -3.14. The zero-order valence-electron chi connectivity index (χ0n) is 14.1. The molecular weight excluding hydrogens is 329 g/mol. The summed E-state index contributed by atoms with van der Waals surface area (Å²) in [5.74, 6) is 0.603. The number of hydrogen-bond donors (Lipinski definition) is 1. The second-order valence-corrected chi connectivity index (χ2v) is 6.24. The van der Waals surface area contributed by atoms with E-state index < -0.39 is 5.92 Å². The first kappa shape index (κ1) is 16.3. The van der Waals surface area contributed by atoms with Crippen molar-refractivity contribution in [2.75, 3.05) is 6.54 Å². The topological polar surface area (TPSA) is 38.3 Å². The molecule has 1 amide bonds. The molecule has 0 unspecified atom stereocenters. The molecule has 0 spiro atoms. The average molecular weight is 347 g/mol. The van der Waals surface area contributed by atoms with Crippen molar-refractivity contribution in [1.29, 1.82) is 0 Å². The van der Waals surface area contributed by atoms with Crippen molar-refractivity contribution in [2.45, 2.75) is 12.3 Å². The molecule has 3 aromatic rings. The summed E-state index contributed by atoms with van der Waals surface area (Å²) >= 11 is 0. The molecule has 0 saturated carbocycles. The molecule has 0 radical (unpaired) electrons. The molecule has 0 aromatic heterocycles. The summed E-state index contributed by atoms with van der Waals surface area (Å²) in [4.78, 5) is 12.9. The number of benzene rings is 3. The minimum atomic E-state index is -0.434. The molecular formula is C22H18FNO2. The van der Waals surface area contributed by atoms with Gasteiger partial charge in [0.2, 0.25) is 5.91 Å². The van der Waals surface area contributed by atoms with E-state index in [-0.39, 0.29) is 11.7 Å². The Bertz CT molecular complexity index is 909. The molecule has 26 heavy (non-hydrogen) atoms. The summed E-state index contributed by atoms with van der Waals surface area (Å²) in [7, 11) is 0. The van der Waals surface area contributed by atoms with Gasteiger partial charge in [0.15, 0.2) is 0 Å². The lowest BCUT2D eigenvalue weighted by Crippen LogP contribution is -2.33. The highest BCUT2D eigenvalue weighted by atomic mass is 19.1. The van der Waals surface area contributed by atoms with Crippen LogP contribution in [-0.2, 0) is 11.2 Å². The van der Waals surface area contributed by atoms with Crippen molar-refractivity contribution in [1.82, 2.24) is 5.32 Å². The number of nitrogens with one attached hydrogen (secondary N) is 1. The Morgan fingerprint density at radius 2 is 1.46 bits per heavy atom. The minimum absolute atomic E-state index is 0.107. The van der Waals surface area contributed by atoms with Gasteiger partial charge in [0.05, 0.1) is 5.92 Å². The predicted molar refractivity (Wildman–Crippen MR) is 97.9 cm³/mol. The molecule has 130 valence electrons. The van der Waals surface area contributed by atoms with E-state index in [4.69, 9.17) is 4.74 Å². The third kappa shape index (κ3) is 3.06. The third-order valence-corrected chi connectivity index (χ3v) is 4.59. The van der Waals surface area contributed by atoms with Gasteiger partial charge in [-0.25, -0.2) is 4.39 Å². The molecule has 0 fully saturated rings. The SMILES string of the molecule is O=C(NCCc1ccccc1F)C1c2ccccc2Oc2ccccc21. The number of carbonyl (C=O) groups excluding carboxylic acids is 1. The van der Waals surface area contributed by atoms with Crippen molar-refractivity contribution >= 4 is 5.91 Å². The lowest BCUT2D eigenvalue weighted by molar-refractivity contribution is -0.121. The maximum atomic E-state index is 13.7. The lowest BCUT2D eigenvalue weighted by atomic mass is 9.87. The highest BCUT2D eigenvalue weighted by Crippen LogP contribution is 2.43. The number of fused-ring (bicyclic) bond motifs is 2. The lowest BCUT2D eigenvalue weighted by Gasteiger charge is -2.27. The monoisotopic (exact) mass is 347 g/mol. The quantitative estimate of drug-likeness (QED) is 0.759. The molecule has 4 heteroatoms. The first-order valence-electron chi connectivity index (χ1n) is 8.61. The van der Waals surface area contributed by atoms with E-state index in [2.05, 4.69) is 5.32 Å². The molecule has 1 aliphatic heterocycles. The minimum Gasteiger partial charge on any atom is -0.457 e. The molecule has 0 bridgehead atoms. The van der Waals surface area contributed by atoms with Crippen LogP contribution >= 0.6 is 0 Å². The van der Waals surface area contributed by atoms with Gasteiger partial charge in [-0.2, -0.15) is 0 Å². The van der Waals surface area contributed by atoms with Crippen LogP contribution in [0, 0.1) is 5.82 Å². The zero-order chi connectivity index (χ0) is 17.9. The van der Waals surface area contributed by atoms with E-state index in [9.17, 15) is 9.18 Å². The summed E-state index contributed by atoms with van der Waals surface area (Å²) in [6.45, 7) is 0.376. The summed E-state index contributed by atoms with van der Waals surface area (Å²) in [6.07, 6.45) is 0.449. The second-order valence-electron chi connectivity index (χ2n) is 6.24. The van der Waals surface area contributed by atoms with Gasteiger partial charge in [-0.15, -0.1) is 0 Å². The smallest absolute Gasteiger partial charge is 0.232 e. The number of halogens is 1. The highest BCUT2D eigenvalue weighted by Gasteiger charge is 2.32. The molecule has 3 aromatic carbocycles. The molecule has 1 aliphatic rings. The molecule has 0 saturated heterocycles. The van der Waals surface area contributed by atoms with Crippen molar-refractivity contribution in [2.24, 2.45) is 0 Å². The summed E-state index contributed by atoms with van der Waals surface area (Å²) in [5.41, 5.74) is 2.28. The van der Waals surface area contributed by atoms with Crippen molar-refractivity contribution in [3.63, 3.8) is 0 Å². The number of amides is 1. The van der Waals surface area contributed by atoms with Crippen LogP contribution in [0.2, 0.25) is 0 Å². The zero-order valence-corrected chi connectivity index (χ0v) is 14.1. The van der Waals surface area contributed by atoms with Crippen molar-refractivity contribution in [3.05, 3.63) is 95.3 Å². The maximum absolute atomic E-state index is 13.7. The predicted octanol–water partition coefficient (Wildman–Crippen LogP) is 4.42. The normalized spacial score (nSPS) is 12.7. The molecule has 0 atom stereocenters. The van der Waals surface area contributed by atoms with Crippen LogP contribution in [-0.4, -0.2) is 12.5 Å². The number of hydrogen-bond acceptors (Lipinski definition) is 2. The van der Waals surface area contributed by atoms with E-state index in [0.717, 1.165) is 11.1 Å². The van der Waals surface area contributed by atoms with Crippen molar-refractivity contribution < 1.29 is 13.9 Å². The second kappa shape index (κ2) is 7.00. The molecule has 3 nitrogen and oxygen atoms in total. The number of ether oxygens (including phenoxy) is 1. The molecule has 4 rings (SSSR count). The van der Waals surface area contributed by atoms with Crippen molar-refractivity contribution in [3.8, 4) is 11.5 Å². The summed E-state index contributed by atoms with van der Waals surface area (Å²) < 4.78 is 19.7. The Balaban J connectivity index is 1.55. The van der Waals surface area contributed by atoms with Gasteiger partial charge >= 0.3 is 0 Å². The van der Waals surface area contributed by atoms with Crippen LogP contribution in [0.25, 0.3) is 0 Å². The summed E-state index contributed by atoms with van der Waals surface area (Å²) in [5, 5.41) is 2.95. The standard InChI is InChI=1S/C22H18FNO2/c23-18-10-4-1-7-15(18)13-14-24-22(25)21-16-8-2-5-11-19(16)26-20-12-6-3-9-17(20)21/h1-12,21H,13-14H2,(H,24,25). The highest BCUT2D eigenvalue weighted by molar-refractivity contribution is 5.89. The Morgan fingerprint density at radius 1 is 0.885 bits per heavy atom. The van der Waals surface area contributed by atoms with Crippen LogP contribution in [0.3, 0.4) is 0 Å². The van der Waals surface area contributed by atoms with Crippen LogP contribution < -0.4 is 10.1 Å². The molecule has 1 N–H and O–H groups in total. The van der Waals surface area contributed by atoms with E-state index in [0.29, 0.717) is 30.0 Å². The van der Waals surface area contributed by atoms with E-state index in [1.807, 2.05) is 48.5 Å². The third-order valence-electron chi connectivity index (χ3n) is 4.59. The first-order valence-corrected chi connectivity index (χ1v) is 8.61. The van der Waals surface area contributed by atoms with E-state index in [1.54, 1.807) is 18.2 Å². The van der Waals surface area contributed by atoms with Gasteiger partial charge < -0.3 is 10.1 Å². The first-order chi connectivity index (χ1) is 12.7. The summed E-state index contributed by atoms with van der Waals surface area (Å²) in [6, 6.07) is 21.8. The van der Waals surface area contributed by atoms with Crippen LogP contribution in [0.5, 0.6) is 11.5 Å². The largest absolute Gasteiger partial charge is 0.457 e. The fourth-order valence-electron chi connectivity index (χ4n) is 3.32. The van der Waals surface area contributed by atoms with Gasteiger partial charge in [0, 0.05) is 17.7 Å². The van der Waals surface area contributed by atoms with Gasteiger partial charge in [-0.05, 0) is 30.2 Å². The van der Waals surface area contributed by atoms with Gasteiger partial charge in [-0.3, -0.25) is 4.79 Å².